The number of oxazole rings is 1. The number of nitrogens with one attached hydrogen (secondary N) is 1. The highest BCUT2D eigenvalue weighted by molar-refractivity contribution is 5.78. The number of aromatic nitrogens is 1. The number of aryl methyl sites for hydroxylation is 2. The third kappa shape index (κ3) is 4.72. The lowest BCUT2D eigenvalue weighted by atomic mass is 9.97. The molecule has 124 valence electrons. The summed E-state index contributed by atoms with van der Waals surface area (Å²) in [6.45, 7) is 3.26. The van der Waals surface area contributed by atoms with E-state index in [1.54, 1.807) is 13.8 Å². The van der Waals surface area contributed by atoms with Crippen LogP contribution in [0, 0.1) is 19.8 Å². The quantitative estimate of drug-likeness (QED) is 0.924. The zero-order valence-electron chi connectivity index (χ0n) is 12.7. The van der Waals surface area contributed by atoms with Crippen LogP contribution in [-0.4, -0.2) is 41.6 Å². The SMILES string of the molecule is Cc1nc(C)c(CNC(=O)C2CCCN(CC(F)(F)F)C2)o1. The van der Waals surface area contributed by atoms with E-state index in [0.29, 0.717) is 36.7 Å². The number of hydrogen-bond donors (Lipinski definition) is 1. The van der Waals surface area contributed by atoms with E-state index in [4.69, 9.17) is 4.42 Å². The van der Waals surface area contributed by atoms with Crippen molar-refractivity contribution in [1.82, 2.24) is 15.2 Å². The van der Waals surface area contributed by atoms with Gasteiger partial charge in [0.05, 0.1) is 24.7 Å². The summed E-state index contributed by atoms with van der Waals surface area (Å²) in [5, 5.41) is 2.73. The van der Waals surface area contributed by atoms with Gasteiger partial charge in [0.25, 0.3) is 0 Å². The minimum Gasteiger partial charge on any atom is -0.444 e. The van der Waals surface area contributed by atoms with Gasteiger partial charge in [-0.1, -0.05) is 0 Å². The summed E-state index contributed by atoms with van der Waals surface area (Å²) in [4.78, 5) is 17.5. The first-order valence-electron chi connectivity index (χ1n) is 7.24. The number of rotatable bonds is 4. The highest BCUT2D eigenvalue weighted by atomic mass is 19.4. The van der Waals surface area contributed by atoms with E-state index in [9.17, 15) is 18.0 Å². The minimum absolute atomic E-state index is 0.139. The van der Waals surface area contributed by atoms with Gasteiger partial charge in [-0.05, 0) is 26.3 Å². The number of hydrogen-bond acceptors (Lipinski definition) is 4. The van der Waals surface area contributed by atoms with E-state index in [0.717, 1.165) is 0 Å². The monoisotopic (exact) mass is 319 g/mol. The van der Waals surface area contributed by atoms with Crippen LogP contribution < -0.4 is 5.32 Å². The van der Waals surface area contributed by atoms with Crippen LogP contribution in [0.15, 0.2) is 4.42 Å². The van der Waals surface area contributed by atoms with E-state index in [1.807, 2.05) is 0 Å². The van der Waals surface area contributed by atoms with Gasteiger partial charge < -0.3 is 9.73 Å². The van der Waals surface area contributed by atoms with Gasteiger partial charge in [0, 0.05) is 13.5 Å². The van der Waals surface area contributed by atoms with Crippen molar-refractivity contribution < 1.29 is 22.4 Å². The van der Waals surface area contributed by atoms with Crippen LogP contribution in [0.3, 0.4) is 0 Å². The van der Waals surface area contributed by atoms with Gasteiger partial charge in [-0.3, -0.25) is 9.69 Å². The molecule has 1 aromatic rings. The number of likely N-dealkylation sites (tertiary alicyclic amines) is 1. The molecule has 0 spiro atoms. The Morgan fingerprint density at radius 2 is 2.18 bits per heavy atom. The van der Waals surface area contributed by atoms with E-state index < -0.39 is 18.6 Å². The first-order valence-corrected chi connectivity index (χ1v) is 7.24. The van der Waals surface area contributed by atoms with Crippen LogP contribution in [0.2, 0.25) is 0 Å². The second-order valence-electron chi connectivity index (χ2n) is 5.65. The molecular weight excluding hydrogens is 299 g/mol. The van der Waals surface area contributed by atoms with Crippen LogP contribution in [0.25, 0.3) is 0 Å². The molecule has 1 aliphatic rings. The summed E-state index contributed by atoms with van der Waals surface area (Å²) < 4.78 is 42.6. The maximum Gasteiger partial charge on any atom is 0.401 e. The molecule has 1 amide bonds. The maximum absolute atomic E-state index is 12.4. The second kappa shape index (κ2) is 6.68. The molecule has 1 N–H and O–H groups in total. The molecule has 22 heavy (non-hydrogen) atoms. The summed E-state index contributed by atoms with van der Waals surface area (Å²) in [5.41, 5.74) is 0.708. The summed E-state index contributed by atoms with van der Waals surface area (Å²) in [6, 6.07) is 0. The van der Waals surface area contributed by atoms with Crippen molar-refractivity contribution in [3.63, 3.8) is 0 Å². The fraction of sp³-hybridized carbons (Fsp3) is 0.714. The first-order chi connectivity index (χ1) is 10.2. The number of halogens is 3. The Morgan fingerprint density at radius 1 is 1.45 bits per heavy atom. The number of alkyl halides is 3. The molecule has 5 nitrogen and oxygen atoms in total. The van der Waals surface area contributed by atoms with E-state index >= 15 is 0 Å². The van der Waals surface area contributed by atoms with Crippen molar-refractivity contribution in [1.29, 1.82) is 0 Å². The summed E-state index contributed by atoms with van der Waals surface area (Å²) in [5.74, 6) is 0.449. The van der Waals surface area contributed by atoms with E-state index in [1.165, 1.54) is 4.90 Å². The third-order valence-electron chi connectivity index (χ3n) is 3.70. The standard InChI is InChI=1S/C14H20F3N3O2/c1-9-12(22-10(2)19-9)6-18-13(21)11-4-3-5-20(7-11)8-14(15,16)17/h11H,3-8H2,1-2H3,(H,18,21). The number of amides is 1. The van der Waals surface area contributed by atoms with Gasteiger partial charge in [-0.2, -0.15) is 13.2 Å². The van der Waals surface area contributed by atoms with Crippen molar-refractivity contribution in [3.8, 4) is 0 Å². The van der Waals surface area contributed by atoms with Gasteiger partial charge >= 0.3 is 6.18 Å². The topological polar surface area (TPSA) is 58.4 Å². The lowest BCUT2D eigenvalue weighted by Gasteiger charge is -2.32. The number of piperidine rings is 1. The lowest BCUT2D eigenvalue weighted by molar-refractivity contribution is -0.152. The molecular formula is C14H20F3N3O2. The number of nitrogens with zero attached hydrogens (tertiary/aromatic N) is 2. The first kappa shape index (κ1) is 16.8. The Hall–Kier alpha value is -1.57. The zero-order chi connectivity index (χ0) is 16.3. The maximum atomic E-state index is 12.4. The summed E-state index contributed by atoms with van der Waals surface area (Å²) in [6.07, 6.45) is -3.03. The van der Waals surface area contributed by atoms with E-state index in [2.05, 4.69) is 10.3 Å². The van der Waals surface area contributed by atoms with Crippen molar-refractivity contribution in [2.75, 3.05) is 19.6 Å². The average Bonchev–Trinajstić information content (AvgIpc) is 2.72. The second-order valence-corrected chi connectivity index (χ2v) is 5.65. The van der Waals surface area contributed by atoms with Gasteiger partial charge in [-0.15, -0.1) is 0 Å². The zero-order valence-corrected chi connectivity index (χ0v) is 12.7. The van der Waals surface area contributed by atoms with E-state index in [-0.39, 0.29) is 19.0 Å². The molecule has 0 aliphatic carbocycles. The number of carbonyl (C=O) groups is 1. The molecule has 0 bridgehead atoms. The summed E-state index contributed by atoms with van der Waals surface area (Å²) in [7, 11) is 0. The molecule has 0 saturated carbocycles. The van der Waals surface area contributed by atoms with Crippen molar-refractivity contribution in [2.24, 2.45) is 5.92 Å². The predicted molar refractivity (Wildman–Crippen MR) is 73.0 cm³/mol. The minimum atomic E-state index is -4.23. The average molecular weight is 319 g/mol. The Kier molecular flexibility index (Phi) is 5.10. The fourth-order valence-corrected chi connectivity index (χ4v) is 2.72. The Morgan fingerprint density at radius 3 is 2.77 bits per heavy atom. The molecule has 1 unspecified atom stereocenters. The molecule has 0 aromatic carbocycles. The van der Waals surface area contributed by atoms with Crippen LogP contribution in [0.4, 0.5) is 13.2 Å². The van der Waals surface area contributed by atoms with Crippen LogP contribution in [0.5, 0.6) is 0 Å². The Balaban J connectivity index is 1.85. The smallest absolute Gasteiger partial charge is 0.401 e. The van der Waals surface area contributed by atoms with Gasteiger partial charge in [0.2, 0.25) is 5.91 Å². The molecule has 2 heterocycles. The van der Waals surface area contributed by atoms with Gasteiger partial charge in [-0.25, -0.2) is 4.98 Å². The molecule has 1 aliphatic heterocycles. The van der Waals surface area contributed by atoms with Crippen LogP contribution in [-0.2, 0) is 11.3 Å². The van der Waals surface area contributed by atoms with Crippen LogP contribution >= 0.6 is 0 Å². The highest BCUT2D eigenvalue weighted by Crippen LogP contribution is 2.22. The van der Waals surface area contributed by atoms with Crippen molar-refractivity contribution in [2.45, 2.75) is 39.4 Å². The number of carbonyl (C=O) groups excluding carboxylic acids is 1. The molecule has 1 atom stereocenters. The van der Waals surface area contributed by atoms with Crippen molar-refractivity contribution >= 4 is 5.91 Å². The normalized spacial score (nSPS) is 20.1. The van der Waals surface area contributed by atoms with Gasteiger partial charge in [0.15, 0.2) is 5.89 Å². The summed E-state index contributed by atoms with van der Waals surface area (Å²) >= 11 is 0. The Labute approximate surface area is 126 Å². The molecule has 1 saturated heterocycles. The Bertz CT molecular complexity index is 528. The molecule has 8 heteroatoms. The van der Waals surface area contributed by atoms with Crippen LogP contribution in [0.1, 0.15) is 30.2 Å². The molecule has 0 radical (unpaired) electrons. The lowest BCUT2D eigenvalue weighted by Crippen LogP contribution is -2.45. The molecule has 1 aromatic heterocycles. The molecule has 1 fully saturated rings. The fourth-order valence-electron chi connectivity index (χ4n) is 2.72. The largest absolute Gasteiger partial charge is 0.444 e. The third-order valence-corrected chi connectivity index (χ3v) is 3.70. The van der Waals surface area contributed by atoms with Gasteiger partial charge in [0.1, 0.15) is 5.76 Å². The predicted octanol–water partition coefficient (Wildman–Crippen LogP) is 2.18. The van der Waals surface area contributed by atoms with Crippen molar-refractivity contribution in [3.05, 3.63) is 17.3 Å². The molecule has 2 rings (SSSR count). The highest BCUT2D eigenvalue weighted by Gasteiger charge is 2.34.